The number of aryl methyl sites for hydroxylation is 1. The van der Waals surface area contributed by atoms with Crippen LogP contribution in [0.15, 0.2) is 36.4 Å². The fourth-order valence-electron chi connectivity index (χ4n) is 1.81. The molecule has 0 atom stereocenters. The second-order valence-corrected chi connectivity index (χ2v) is 4.70. The van der Waals surface area contributed by atoms with E-state index in [2.05, 4.69) is 0 Å². The summed E-state index contributed by atoms with van der Waals surface area (Å²) >= 11 is 5.83. The molecule has 2 aromatic carbocycles. The van der Waals surface area contributed by atoms with Crippen molar-refractivity contribution in [3.8, 4) is 0 Å². The molecule has 0 heterocycles. The molecule has 1 nitrogen and oxygen atoms in total. The largest absolute Gasteiger partial charge is 0.294 e. The lowest BCUT2D eigenvalue weighted by Crippen LogP contribution is -2.06. The van der Waals surface area contributed by atoms with Crippen molar-refractivity contribution in [1.82, 2.24) is 0 Å². The van der Waals surface area contributed by atoms with Gasteiger partial charge in [0.1, 0.15) is 11.6 Å². The van der Waals surface area contributed by atoms with E-state index in [9.17, 15) is 13.6 Å². The smallest absolute Gasteiger partial charge is 0.168 e. The van der Waals surface area contributed by atoms with E-state index in [0.29, 0.717) is 5.56 Å². The highest BCUT2D eigenvalue weighted by Crippen LogP contribution is 2.20. The fourth-order valence-corrected chi connectivity index (χ4v) is 2.09. The summed E-state index contributed by atoms with van der Waals surface area (Å²) in [5.41, 5.74) is 1.67. The molecule has 0 spiro atoms. The molecular weight excluding hydrogens is 270 g/mol. The molecule has 0 fully saturated rings. The topological polar surface area (TPSA) is 17.1 Å². The predicted octanol–water partition coefficient (Wildman–Crippen LogP) is 4.35. The SMILES string of the molecule is Cc1ccc(F)cc1CC(=O)c1ccc(F)cc1Cl. The van der Waals surface area contributed by atoms with Gasteiger partial charge in [-0.1, -0.05) is 17.7 Å². The van der Waals surface area contributed by atoms with Gasteiger partial charge in [-0.2, -0.15) is 0 Å². The first-order chi connectivity index (χ1) is 8.97. The zero-order valence-corrected chi connectivity index (χ0v) is 11.0. The van der Waals surface area contributed by atoms with Crippen LogP contribution in [0.5, 0.6) is 0 Å². The van der Waals surface area contributed by atoms with Gasteiger partial charge in [0.25, 0.3) is 0 Å². The maximum atomic E-state index is 13.1. The van der Waals surface area contributed by atoms with Gasteiger partial charge in [0.15, 0.2) is 5.78 Å². The van der Waals surface area contributed by atoms with Crippen LogP contribution >= 0.6 is 11.6 Å². The number of halogens is 3. The fraction of sp³-hybridized carbons (Fsp3) is 0.133. The number of carbonyl (C=O) groups excluding carboxylic acids is 1. The van der Waals surface area contributed by atoms with E-state index in [0.717, 1.165) is 11.6 Å². The van der Waals surface area contributed by atoms with Gasteiger partial charge in [-0.15, -0.1) is 0 Å². The minimum absolute atomic E-state index is 0.0367. The summed E-state index contributed by atoms with van der Waals surface area (Å²) in [6, 6.07) is 7.89. The lowest BCUT2D eigenvalue weighted by molar-refractivity contribution is 0.0993. The summed E-state index contributed by atoms with van der Waals surface area (Å²) in [6.45, 7) is 1.80. The number of carbonyl (C=O) groups is 1. The van der Waals surface area contributed by atoms with E-state index in [1.54, 1.807) is 13.0 Å². The molecule has 0 radical (unpaired) electrons. The van der Waals surface area contributed by atoms with Gasteiger partial charge in [-0.05, 0) is 48.4 Å². The quantitative estimate of drug-likeness (QED) is 0.764. The number of benzene rings is 2. The van der Waals surface area contributed by atoms with Gasteiger partial charge in [-0.3, -0.25) is 4.79 Å². The van der Waals surface area contributed by atoms with Crippen LogP contribution in [0, 0.1) is 18.6 Å². The normalized spacial score (nSPS) is 10.5. The maximum Gasteiger partial charge on any atom is 0.168 e. The average Bonchev–Trinajstić information content (AvgIpc) is 2.33. The Kier molecular flexibility index (Phi) is 3.96. The summed E-state index contributed by atoms with van der Waals surface area (Å²) in [7, 11) is 0. The molecule has 0 aliphatic heterocycles. The second kappa shape index (κ2) is 5.49. The molecule has 2 aromatic rings. The molecule has 98 valence electrons. The van der Waals surface area contributed by atoms with E-state index in [1.807, 2.05) is 0 Å². The Morgan fingerprint density at radius 1 is 1.11 bits per heavy atom. The Morgan fingerprint density at radius 2 is 1.74 bits per heavy atom. The zero-order valence-electron chi connectivity index (χ0n) is 10.2. The molecule has 0 saturated heterocycles. The molecular formula is C15H11ClF2O. The molecule has 0 amide bonds. The molecule has 19 heavy (non-hydrogen) atoms. The van der Waals surface area contributed by atoms with Gasteiger partial charge < -0.3 is 0 Å². The monoisotopic (exact) mass is 280 g/mol. The Morgan fingerprint density at radius 3 is 2.42 bits per heavy atom. The van der Waals surface area contributed by atoms with Crippen molar-refractivity contribution < 1.29 is 13.6 Å². The molecule has 0 N–H and O–H groups in total. The lowest BCUT2D eigenvalue weighted by Gasteiger charge is -2.07. The first kappa shape index (κ1) is 13.7. The highest BCUT2D eigenvalue weighted by molar-refractivity contribution is 6.34. The zero-order chi connectivity index (χ0) is 14.0. The van der Waals surface area contributed by atoms with Crippen molar-refractivity contribution in [2.45, 2.75) is 13.3 Å². The second-order valence-electron chi connectivity index (χ2n) is 4.29. The Hall–Kier alpha value is -1.74. The first-order valence-corrected chi connectivity index (χ1v) is 6.08. The number of Topliss-reactive ketones (excluding diaryl/α,β-unsaturated/α-hetero) is 1. The van der Waals surface area contributed by atoms with Gasteiger partial charge in [0.05, 0.1) is 5.02 Å². The van der Waals surface area contributed by atoms with E-state index in [-0.39, 0.29) is 22.8 Å². The molecule has 0 bridgehead atoms. The standard InChI is InChI=1S/C15H11ClF2O/c1-9-2-3-11(17)6-10(9)7-15(19)13-5-4-12(18)8-14(13)16/h2-6,8H,7H2,1H3. The van der Waals surface area contributed by atoms with Crippen molar-refractivity contribution >= 4 is 17.4 Å². The summed E-state index contributed by atoms with van der Waals surface area (Å²) in [4.78, 5) is 12.1. The Balaban J connectivity index is 2.28. The number of hydrogen-bond donors (Lipinski definition) is 0. The van der Waals surface area contributed by atoms with Crippen molar-refractivity contribution in [3.05, 3.63) is 69.7 Å². The summed E-state index contributed by atoms with van der Waals surface area (Å²) < 4.78 is 26.1. The van der Waals surface area contributed by atoms with E-state index >= 15 is 0 Å². The van der Waals surface area contributed by atoms with Crippen LogP contribution in [0.1, 0.15) is 21.5 Å². The molecule has 0 aliphatic rings. The summed E-state index contributed by atoms with van der Waals surface area (Å²) in [5, 5.41) is 0.0686. The van der Waals surface area contributed by atoms with Crippen LogP contribution in [0.4, 0.5) is 8.78 Å². The third-order valence-corrected chi connectivity index (χ3v) is 3.21. The lowest BCUT2D eigenvalue weighted by atomic mass is 9.99. The Bertz CT molecular complexity index is 638. The maximum absolute atomic E-state index is 13.1. The van der Waals surface area contributed by atoms with Crippen LogP contribution in [0.25, 0.3) is 0 Å². The molecule has 4 heteroatoms. The van der Waals surface area contributed by atoms with Crippen molar-refractivity contribution in [2.24, 2.45) is 0 Å². The highest BCUT2D eigenvalue weighted by atomic mass is 35.5. The van der Waals surface area contributed by atoms with E-state index in [4.69, 9.17) is 11.6 Å². The van der Waals surface area contributed by atoms with Crippen LogP contribution in [0.2, 0.25) is 5.02 Å². The van der Waals surface area contributed by atoms with Gasteiger partial charge >= 0.3 is 0 Å². The third kappa shape index (κ3) is 3.18. The van der Waals surface area contributed by atoms with Crippen LogP contribution < -0.4 is 0 Å². The molecule has 0 aliphatic carbocycles. The van der Waals surface area contributed by atoms with Crippen molar-refractivity contribution in [2.75, 3.05) is 0 Å². The molecule has 0 saturated carbocycles. The number of rotatable bonds is 3. The van der Waals surface area contributed by atoms with Gasteiger partial charge in [0, 0.05) is 12.0 Å². The molecule has 0 aromatic heterocycles. The predicted molar refractivity (Wildman–Crippen MR) is 70.6 cm³/mol. The average molecular weight is 281 g/mol. The Labute approximate surface area is 114 Å². The minimum atomic E-state index is -0.497. The van der Waals surface area contributed by atoms with E-state index < -0.39 is 11.6 Å². The van der Waals surface area contributed by atoms with Crippen LogP contribution in [-0.2, 0) is 6.42 Å². The summed E-state index contributed by atoms with van der Waals surface area (Å²) in [5.74, 6) is -1.15. The number of hydrogen-bond acceptors (Lipinski definition) is 1. The summed E-state index contributed by atoms with van der Waals surface area (Å²) in [6.07, 6.45) is 0.0367. The minimum Gasteiger partial charge on any atom is -0.294 e. The van der Waals surface area contributed by atoms with E-state index in [1.165, 1.54) is 24.3 Å². The molecule has 2 rings (SSSR count). The first-order valence-electron chi connectivity index (χ1n) is 5.70. The van der Waals surface area contributed by atoms with Crippen molar-refractivity contribution in [1.29, 1.82) is 0 Å². The van der Waals surface area contributed by atoms with Crippen molar-refractivity contribution in [3.63, 3.8) is 0 Å². The van der Waals surface area contributed by atoms with Gasteiger partial charge in [0.2, 0.25) is 0 Å². The van der Waals surface area contributed by atoms with Gasteiger partial charge in [-0.25, -0.2) is 8.78 Å². The third-order valence-electron chi connectivity index (χ3n) is 2.89. The molecule has 0 unspecified atom stereocenters. The van der Waals surface area contributed by atoms with Crippen LogP contribution in [-0.4, -0.2) is 5.78 Å². The highest BCUT2D eigenvalue weighted by Gasteiger charge is 2.13. The number of ketones is 1. The van der Waals surface area contributed by atoms with Crippen LogP contribution in [0.3, 0.4) is 0 Å².